The van der Waals surface area contributed by atoms with E-state index in [2.05, 4.69) is 31.7 Å². The first-order valence-corrected chi connectivity index (χ1v) is 17.0. The van der Waals surface area contributed by atoms with E-state index in [1.165, 1.54) is 12.8 Å². The molecule has 1 atom stereocenters. The SMILES string of the molecule is C[C@@H](c1ccc(Cl)cc1)n1cnc(-c2ccccc2)c1-c1c(C(=O)Nc2cccnc2OCCCN2CCCC2)[nH]c2cc(Cl)ccc12. The summed E-state index contributed by atoms with van der Waals surface area (Å²) < 4.78 is 8.20. The lowest BCUT2D eigenvalue weighted by Gasteiger charge is -2.19. The van der Waals surface area contributed by atoms with Crippen LogP contribution in [0.15, 0.2) is 97.5 Å². The van der Waals surface area contributed by atoms with Gasteiger partial charge in [0.15, 0.2) is 0 Å². The van der Waals surface area contributed by atoms with E-state index in [4.69, 9.17) is 32.9 Å². The second kappa shape index (κ2) is 14.2. The zero-order valence-electron chi connectivity index (χ0n) is 26.6. The van der Waals surface area contributed by atoms with E-state index in [-0.39, 0.29) is 11.9 Å². The lowest BCUT2D eigenvalue weighted by Crippen LogP contribution is -2.22. The number of halogens is 2. The molecule has 7 rings (SSSR count). The van der Waals surface area contributed by atoms with Crippen LogP contribution < -0.4 is 10.1 Å². The van der Waals surface area contributed by atoms with Gasteiger partial charge >= 0.3 is 0 Å². The summed E-state index contributed by atoms with van der Waals surface area (Å²) in [5, 5.41) is 5.16. The number of nitrogens with zero attached hydrogens (tertiary/aromatic N) is 4. The van der Waals surface area contributed by atoms with Crippen molar-refractivity contribution in [3.63, 3.8) is 0 Å². The molecule has 48 heavy (non-hydrogen) atoms. The zero-order valence-corrected chi connectivity index (χ0v) is 28.1. The Labute approximate surface area is 289 Å². The topological polar surface area (TPSA) is 88.1 Å². The van der Waals surface area contributed by atoms with Crippen LogP contribution in [-0.4, -0.2) is 56.6 Å². The Morgan fingerprint density at radius 1 is 0.958 bits per heavy atom. The molecule has 0 unspecified atom stereocenters. The number of amides is 1. The summed E-state index contributed by atoms with van der Waals surface area (Å²) >= 11 is 12.7. The van der Waals surface area contributed by atoms with E-state index in [0.717, 1.165) is 59.5 Å². The van der Waals surface area contributed by atoms with Gasteiger partial charge in [-0.05, 0) is 81.2 Å². The number of fused-ring (bicyclic) bond motifs is 1. The maximum absolute atomic E-state index is 14.4. The van der Waals surface area contributed by atoms with Crippen molar-refractivity contribution in [1.29, 1.82) is 0 Å². The number of rotatable bonds is 11. The first-order valence-electron chi connectivity index (χ1n) is 16.3. The largest absolute Gasteiger partial charge is 0.476 e. The number of imidazole rings is 1. The molecule has 10 heteroatoms. The molecule has 0 saturated carbocycles. The van der Waals surface area contributed by atoms with E-state index in [1.807, 2.05) is 85.2 Å². The van der Waals surface area contributed by atoms with Gasteiger partial charge in [0.05, 0.1) is 30.4 Å². The maximum Gasteiger partial charge on any atom is 0.272 e. The third-order valence-corrected chi connectivity index (χ3v) is 9.40. The minimum absolute atomic E-state index is 0.130. The Bertz CT molecular complexity index is 2030. The molecule has 244 valence electrons. The third kappa shape index (κ3) is 6.69. The van der Waals surface area contributed by atoms with Gasteiger partial charge < -0.3 is 24.5 Å². The maximum atomic E-state index is 14.4. The van der Waals surface area contributed by atoms with Gasteiger partial charge in [0.25, 0.3) is 5.91 Å². The molecule has 0 bridgehead atoms. The standard InChI is InChI=1S/C38H36Cl2N6O2/c1-25(26-12-14-28(39)15-13-26)46-24-42-34(27-9-3-2-4-10-27)36(46)33-30-17-16-29(40)23-32(30)43-35(33)37(47)44-31-11-7-18-41-38(31)48-22-8-21-45-19-5-6-20-45/h2-4,7,9-18,23-25,43H,5-6,8,19-22H2,1H3,(H,44,47)/t25-/m0/s1. The van der Waals surface area contributed by atoms with Crippen LogP contribution in [0.2, 0.25) is 10.0 Å². The van der Waals surface area contributed by atoms with Crippen molar-refractivity contribution < 1.29 is 9.53 Å². The van der Waals surface area contributed by atoms with Crippen molar-refractivity contribution in [2.24, 2.45) is 0 Å². The van der Waals surface area contributed by atoms with Crippen molar-refractivity contribution in [3.8, 4) is 28.4 Å². The van der Waals surface area contributed by atoms with Gasteiger partial charge in [-0.1, -0.05) is 71.7 Å². The van der Waals surface area contributed by atoms with Crippen LogP contribution in [0.4, 0.5) is 5.69 Å². The third-order valence-electron chi connectivity index (χ3n) is 8.91. The monoisotopic (exact) mass is 678 g/mol. The first kappa shape index (κ1) is 31.9. The molecule has 6 aromatic rings. The summed E-state index contributed by atoms with van der Waals surface area (Å²) in [6.07, 6.45) is 6.90. The summed E-state index contributed by atoms with van der Waals surface area (Å²) in [5.74, 6) is 0.0532. The van der Waals surface area contributed by atoms with Gasteiger partial charge in [-0.15, -0.1) is 0 Å². The van der Waals surface area contributed by atoms with Gasteiger partial charge in [-0.25, -0.2) is 9.97 Å². The summed E-state index contributed by atoms with van der Waals surface area (Å²) in [7, 11) is 0. The molecule has 2 N–H and O–H groups in total. The van der Waals surface area contributed by atoms with Gasteiger partial charge in [0.1, 0.15) is 11.4 Å². The molecule has 3 aromatic carbocycles. The normalized spacial score (nSPS) is 14.0. The number of pyridine rings is 1. The van der Waals surface area contributed by atoms with E-state index in [9.17, 15) is 4.79 Å². The van der Waals surface area contributed by atoms with Gasteiger partial charge in [0, 0.05) is 44.8 Å². The van der Waals surface area contributed by atoms with Gasteiger partial charge in [-0.3, -0.25) is 4.79 Å². The summed E-state index contributed by atoms with van der Waals surface area (Å²) in [4.78, 5) is 29.6. The number of nitrogens with one attached hydrogen (secondary N) is 2. The molecule has 1 amide bonds. The molecular weight excluding hydrogens is 643 g/mol. The number of hydrogen-bond donors (Lipinski definition) is 2. The van der Waals surface area contributed by atoms with Gasteiger partial charge in [0.2, 0.25) is 5.88 Å². The zero-order chi connectivity index (χ0) is 33.0. The predicted molar refractivity (Wildman–Crippen MR) is 193 cm³/mol. The molecule has 1 saturated heterocycles. The number of anilines is 1. The lowest BCUT2D eigenvalue weighted by atomic mass is 9.99. The average molecular weight is 680 g/mol. The Hall–Kier alpha value is -4.63. The first-order chi connectivity index (χ1) is 23.5. The van der Waals surface area contributed by atoms with Crippen molar-refractivity contribution in [2.75, 3.05) is 31.6 Å². The van der Waals surface area contributed by atoms with Gasteiger partial charge in [-0.2, -0.15) is 0 Å². The van der Waals surface area contributed by atoms with Crippen molar-refractivity contribution in [1.82, 2.24) is 24.4 Å². The molecule has 0 radical (unpaired) electrons. The van der Waals surface area contributed by atoms with Crippen molar-refractivity contribution in [2.45, 2.75) is 32.2 Å². The second-order valence-electron chi connectivity index (χ2n) is 12.1. The second-order valence-corrected chi connectivity index (χ2v) is 12.9. The highest BCUT2D eigenvalue weighted by molar-refractivity contribution is 6.31. The number of aromatic amines is 1. The molecule has 3 aromatic heterocycles. The van der Waals surface area contributed by atoms with E-state index in [1.54, 1.807) is 12.3 Å². The highest BCUT2D eigenvalue weighted by Crippen LogP contribution is 2.41. The summed E-state index contributed by atoms with van der Waals surface area (Å²) in [5.41, 5.74) is 5.86. The Morgan fingerprint density at radius 2 is 1.73 bits per heavy atom. The fraction of sp³-hybridized carbons (Fsp3) is 0.237. The van der Waals surface area contributed by atoms with Crippen LogP contribution in [0, 0.1) is 0 Å². The quantitative estimate of drug-likeness (QED) is 0.133. The number of hydrogen-bond acceptors (Lipinski definition) is 5. The van der Waals surface area contributed by atoms with E-state index < -0.39 is 0 Å². The van der Waals surface area contributed by atoms with Crippen LogP contribution in [-0.2, 0) is 0 Å². The minimum atomic E-state index is -0.335. The van der Waals surface area contributed by atoms with E-state index in [0.29, 0.717) is 39.5 Å². The Balaban J connectivity index is 1.29. The smallest absolute Gasteiger partial charge is 0.272 e. The molecule has 1 aliphatic heterocycles. The molecule has 0 spiro atoms. The molecule has 0 aliphatic carbocycles. The molecule has 1 fully saturated rings. The van der Waals surface area contributed by atoms with E-state index >= 15 is 0 Å². The van der Waals surface area contributed by atoms with Crippen LogP contribution in [0.25, 0.3) is 33.4 Å². The Kier molecular flexibility index (Phi) is 9.47. The number of carbonyl (C=O) groups excluding carboxylic acids is 1. The van der Waals surface area contributed by atoms with Crippen molar-refractivity contribution >= 4 is 45.7 Å². The molecule has 8 nitrogen and oxygen atoms in total. The Morgan fingerprint density at radius 3 is 2.52 bits per heavy atom. The highest BCUT2D eigenvalue weighted by Gasteiger charge is 2.28. The molecular formula is C38H36Cl2N6O2. The van der Waals surface area contributed by atoms with Crippen LogP contribution in [0.5, 0.6) is 5.88 Å². The van der Waals surface area contributed by atoms with Crippen molar-refractivity contribution in [3.05, 3.63) is 119 Å². The predicted octanol–water partition coefficient (Wildman–Crippen LogP) is 9.13. The minimum Gasteiger partial charge on any atom is -0.476 e. The lowest BCUT2D eigenvalue weighted by molar-refractivity contribution is 0.102. The fourth-order valence-corrected chi connectivity index (χ4v) is 6.74. The summed E-state index contributed by atoms with van der Waals surface area (Å²) in [6.45, 7) is 5.90. The molecule has 4 heterocycles. The summed E-state index contributed by atoms with van der Waals surface area (Å²) in [6, 6.07) is 26.9. The average Bonchev–Trinajstić information content (AvgIpc) is 3.86. The number of likely N-dealkylation sites (tertiary alicyclic amines) is 1. The van der Waals surface area contributed by atoms with Crippen LogP contribution in [0.3, 0.4) is 0 Å². The number of benzene rings is 3. The fourth-order valence-electron chi connectivity index (χ4n) is 6.45. The van der Waals surface area contributed by atoms with Crippen LogP contribution >= 0.6 is 23.2 Å². The number of ether oxygens (including phenoxy) is 1. The number of H-pyrrole nitrogens is 1. The molecule has 1 aliphatic rings. The highest BCUT2D eigenvalue weighted by atomic mass is 35.5. The number of carbonyl (C=O) groups is 1. The van der Waals surface area contributed by atoms with Crippen LogP contribution in [0.1, 0.15) is 48.3 Å². The number of aromatic nitrogens is 4.